The molecule has 1 amide bonds. The molecule has 21 heavy (non-hydrogen) atoms. The summed E-state index contributed by atoms with van der Waals surface area (Å²) in [5, 5.41) is 11.6. The standard InChI is InChI=1S/C15H22FN3O2/c1-10(19-6-4-11(9-19)5-7-20)15(21)18-14-8-12(17)2-3-13(14)16/h2-3,8,10-11,20H,4-7,9,17H2,1H3,(H,18,21). The van der Waals surface area contributed by atoms with E-state index in [1.165, 1.54) is 18.2 Å². The van der Waals surface area contributed by atoms with Gasteiger partial charge in [-0.3, -0.25) is 9.69 Å². The van der Waals surface area contributed by atoms with Crippen LogP contribution in [0.1, 0.15) is 19.8 Å². The molecule has 116 valence electrons. The number of halogens is 1. The predicted molar refractivity (Wildman–Crippen MR) is 80.3 cm³/mol. The van der Waals surface area contributed by atoms with E-state index in [-0.39, 0.29) is 24.2 Å². The van der Waals surface area contributed by atoms with E-state index < -0.39 is 5.82 Å². The first-order chi connectivity index (χ1) is 10.0. The molecule has 0 bridgehead atoms. The van der Waals surface area contributed by atoms with Crippen molar-refractivity contribution < 1.29 is 14.3 Å². The van der Waals surface area contributed by atoms with Gasteiger partial charge in [0.05, 0.1) is 11.7 Å². The average molecular weight is 295 g/mol. The number of likely N-dealkylation sites (tertiary alicyclic amines) is 1. The first kappa shape index (κ1) is 15.7. The van der Waals surface area contributed by atoms with Gasteiger partial charge in [0.2, 0.25) is 5.91 Å². The van der Waals surface area contributed by atoms with Crippen LogP contribution in [0, 0.1) is 11.7 Å². The Morgan fingerprint density at radius 3 is 3.10 bits per heavy atom. The Labute approximate surface area is 123 Å². The first-order valence-electron chi connectivity index (χ1n) is 7.22. The molecule has 1 fully saturated rings. The maximum absolute atomic E-state index is 13.6. The average Bonchev–Trinajstić information content (AvgIpc) is 2.91. The number of anilines is 2. The summed E-state index contributed by atoms with van der Waals surface area (Å²) in [6.07, 6.45) is 1.74. The lowest BCUT2D eigenvalue weighted by Gasteiger charge is -2.23. The number of nitrogens with zero attached hydrogens (tertiary/aromatic N) is 1. The number of nitrogens with two attached hydrogens (primary N) is 1. The summed E-state index contributed by atoms with van der Waals surface area (Å²) in [6.45, 7) is 3.58. The monoisotopic (exact) mass is 295 g/mol. The van der Waals surface area contributed by atoms with Gasteiger partial charge in [0.25, 0.3) is 0 Å². The molecule has 0 radical (unpaired) electrons. The lowest BCUT2D eigenvalue weighted by atomic mass is 10.1. The molecule has 6 heteroatoms. The molecule has 1 aliphatic heterocycles. The number of hydrogen-bond donors (Lipinski definition) is 3. The molecule has 2 unspecified atom stereocenters. The van der Waals surface area contributed by atoms with Crippen LogP contribution in [-0.2, 0) is 4.79 Å². The number of carbonyl (C=O) groups excluding carboxylic acids is 1. The summed E-state index contributed by atoms with van der Waals surface area (Å²) in [4.78, 5) is 14.3. The van der Waals surface area contributed by atoms with Crippen molar-refractivity contribution in [3.63, 3.8) is 0 Å². The minimum absolute atomic E-state index is 0.109. The number of hydrogen-bond acceptors (Lipinski definition) is 4. The van der Waals surface area contributed by atoms with Gasteiger partial charge in [0.1, 0.15) is 5.82 Å². The highest BCUT2D eigenvalue weighted by Crippen LogP contribution is 2.23. The number of rotatable bonds is 5. The molecule has 2 rings (SSSR count). The summed E-state index contributed by atoms with van der Waals surface area (Å²) >= 11 is 0. The second-order valence-electron chi connectivity index (χ2n) is 5.57. The highest BCUT2D eigenvalue weighted by molar-refractivity contribution is 5.95. The zero-order chi connectivity index (χ0) is 15.4. The molecular weight excluding hydrogens is 273 g/mol. The fourth-order valence-corrected chi connectivity index (χ4v) is 2.67. The number of nitrogens with one attached hydrogen (secondary N) is 1. The van der Waals surface area contributed by atoms with Crippen LogP contribution in [0.15, 0.2) is 18.2 Å². The maximum atomic E-state index is 13.6. The zero-order valence-corrected chi connectivity index (χ0v) is 12.2. The second-order valence-corrected chi connectivity index (χ2v) is 5.57. The van der Waals surface area contributed by atoms with E-state index in [4.69, 9.17) is 10.8 Å². The molecule has 0 aromatic heterocycles. The Morgan fingerprint density at radius 1 is 1.62 bits per heavy atom. The Kier molecular flexibility index (Phi) is 5.14. The van der Waals surface area contributed by atoms with Gasteiger partial charge in [-0.25, -0.2) is 4.39 Å². The Hall–Kier alpha value is -1.66. The van der Waals surface area contributed by atoms with Crippen molar-refractivity contribution in [1.29, 1.82) is 0 Å². The third-order valence-electron chi connectivity index (χ3n) is 4.03. The van der Waals surface area contributed by atoms with E-state index in [9.17, 15) is 9.18 Å². The topological polar surface area (TPSA) is 78.6 Å². The van der Waals surface area contributed by atoms with Gasteiger partial charge in [-0.05, 0) is 50.4 Å². The van der Waals surface area contributed by atoms with Crippen LogP contribution in [0.5, 0.6) is 0 Å². The van der Waals surface area contributed by atoms with Gasteiger partial charge in [0.15, 0.2) is 0 Å². The number of carbonyl (C=O) groups is 1. The number of nitrogen functional groups attached to an aromatic ring is 1. The summed E-state index contributed by atoms with van der Waals surface area (Å²) in [6, 6.07) is 3.77. The molecule has 2 atom stereocenters. The van der Waals surface area contributed by atoms with Gasteiger partial charge < -0.3 is 16.2 Å². The minimum Gasteiger partial charge on any atom is -0.399 e. The third kappa shape index (κ3) is 3.92. The Bertz CT molecular complexity index is 510. The summed E-state index contributed by atoms with van der Waals surface area (Å²) in [5.74, 6) is -0.317. The zero-order valence-electron chi connectivity index (χ0n) is 12.2. The fraction of sp³-hybridized carbons (Fsp3) is 0.533. The third-order valence-corrected chi connectivity index (χ3v) is 4.03. The van der Waals surface area contributed by atoms with Crippen molar-refractivity contribution in [1.82, 2.24) is 4.90 Å². The van der Waals surface area contributed by atoms with E-state index in [2.05, 4.69) is 10.2 Å². The smallest absolute Gasteiger partial charge is 0.241 e. The van der Waals surface area contributed by atoms with Crippen molar-refractivity contribution in [2.45, 2.75) is 25.8 Å². The van der Waals surface area contributed by atoms with Crippen LogP contribution in [0.2, 0.25) is 0 Å². The summed E-state index contributed by atoms with van der Waals surface area (Å²) < 4.78 is 13.6. The van der Waals surface area contributed by atoms with Gasteiger partial charge >= 0.3 is 0 Å². The van der Waals surface area contributed by atoms with Crippen molar-refractivity contribution >= 4 is 17.3 Å². The molecule has 1 aliphatic rings. The number of amides is 1. The summed E-state index contributed by atoms with van der Waals surface area (Å²) in [7, 11) is 0. The molecule has 0 saturated carbocycles. The number of aliphatic hydroxyl groups excluding tert-OH is 1. The number of benzene rings is 1. The van der Waals surface area contributed by atoms with Gasteiger partial charge in [-0.1, -0.05) is 0 Å². The highest BCUT2D eigenvalue weighted by atomic mass is 19.1. The molecule has 1 heterocycles. The molecule has 1 aromatic carbocycles. The highest BCUT2D eigenvalue weighted by Gasteiger charge is 2.29. The SMILES string of the molecule is CC(C(=O)Nc1cc(N)ccc1F)N1CCC(CCO)C1. The van der Waals surface area contributed by atoms with Crippen molar-refractivity contribution in [2.75, 3.05) is 30.7 Å². The lowest BCUT2D eigenvalue weighted by molar-refractivity contribution is -0.120. The normalized spacial score (nSPS) is 20.4. The van der Waals surface area contributed by atoms with Crippen molar-refractivity contribution in [3.05, 3.63) is 24.0 Å². The molecule has 1 aromatic rings. The largest absolute Gasteiger partial charge is 0.399 e. The molecular formula is C15H22FN3O2. The first-order valence-corrected chi connectivity index (χ1v) is 7.22. The van der Waals surface area contributed by atoms with E-state index >= 15 is 0 Å². The van der Waals surface area contributed by atoms with Gasteiger partial charge in [-0.15, -0.1) is 0 Å². The predicted octanol–water partition coefficient (Wildman–Crippen LogP) is 1.44. The van der Waals surface area contributed by atoms with Crippen LogP contribution >= 0.6 is 0 Å². The van der Waals surface area contributed by atoms with Crippen LogP contribution < -0.4 is 11.1 Å². The molecule has 5 nitrogen and oxygen atoms in total. The van der Waals surface area contributed by atoms with Crippen LogP contribution in [-0.4, -0.2) is 41.7 Å². The Balaban J connectivity index is 1.95. The fourth-order valence-electron chi connectivity index (χ4n) is 2.67. The Morgan fingerprint density at radius 2 is 2.38 bits per heavy atom. The van der Waals surface area contributed by atoms with E-state index in [1.807, 2.05) is 0 Å². The quantitative estimate of drug-likeness (QED) is 0.718. The maximum Gasteiger partial charge on any atom is 0.241 e. The van der Waals surface area contributed by atoms with Crippen LogP contribution in [0.4, 0.5) is 15.8 Å². The molecule has 1 saturated heterocycles. The van der Waals surface area contributed by atoms with Crippen LogP contribution in [0.3, 0.4) is 0 Å². The van der Waals surface area contributed by atoms with E-state index in [1.54, 1.807) is 6.92 Å². The number of aliphatic hydroxyl groups is 1. The van der Waals surface area contributed by atoms with Crippen molar-refractivity contribution in [2.24, 2.45) is 5.92 Å². The van der Waals surface area contributed by atoms with Crippen molar-refractivity contribution in [3.8, 4) is 0 Å². The molecule has 0 spiro atoms. The van der Waals surface area contributed by atoms with Gasteiger partial charge in [0, 0.05) is 18.8 Å². The molecule has 0 aliphatic carbocycles. The van der Waals surface area contributed by atoms with Gasteiger partial charge in [-0.2, -0.15) is 0 Å². The van der Waals surface area contributed by atoms with Crippen LogP contribution in [0.25, 0.3) is 0 Å². The van der Waals surface area contributed by atoms with E-state index in [0.717, 1.165) is 25.9 Å². The molecule has 4 N–H and O–H groups in total. The minimum atomic E-state index is -0.496. The lowest BCUT2D eigenvalue weighted by Crippen LogP contribution is -2.40. The second kappa shape index (κ2) is 6.87. The summed E-state index contributed by atoms with van der Waals surface area (Å²) in [5.41, 5.74) is 6.12. The van der Waals surface area contributed by atoms with E-state index in [0.29, 0.717) is 11.6 Å².